The van der Waals surface area contributed by atoms with Gasteiger partial charge in [0.05, 0.1) is 25.4 Å². The molecule has 506 valence electrons. The Hall–Kier alpha value is -2.18. The SMILES string of the molecule is CCCCC/C=C\C/C=C\CCCCCCCCCC(=O)OCCCCCCCCCCCCCC/C=C\CCCCCCCCCCCCCCCCCC(=O)NC(CO)C(O)/C=C/CCCCCCCCCCCCCCCCCCCCC. The Kier molecular flexibility index (Phi) is 73.4. The smallest absolute Gasteiger partial charge is 0.305 e. The van der Waals surface area contributed by atoms with Gasteiger partial charge >= 0.3 is 5.97 Å². The van der Waals surface area contributed by atoms with Crippen LogP contribution in [0.5, 0.6) is 0 Å². The molecule has 0 spiro atoms. The summed E-state index contributed by atoms with van der Waals surface area (Å²) in [4.78, 5) is 24.6. The summed E-state index contributed by atoms with van der Waals surface area (Å²) in [5, 5.41) is 23.3. The van der Waals surface area contributed by atoms with Crippen LogP contribution < -0.4 is 5.32 Å². The number of aliphatic hydroxyl groups excluding tert-OH is 2. The highest BCUT2D eigenvalue weighted by atomic mass is 16.5. The van der Waals surface area contributed by atoms with Crippen LogP contribution in [-0.4, -0.2) is 47.4 Å². The fourth-order valence-corrected chi connectivity index (χ4v) is 12.1. The summed E-state index contributed by atoms with van der Waals surface area (Å²) in [5.41, 5.74) is 0. The second-order valence-corrected chi connectivity index (χ2v) is 26.7. The lowest BCUT2D eigenvalue weighted by Gasteiger charge is -2.20. The van der Waals surface area contributed by atoms with Gasteiger partial charge in [0.2, 0.25) is 5.91 Å². The minimum atomic E-state index is -0.845. The second-order valence-electron chi connectivity index (χ2n) is 26.7. The van der Waals surface area contributed by atoms with Crippen molar-refractivity contribution >= 4 is 11.9 Å². The Morgan fingerprint density at radius 2 is 0.581 bits per heavy atom. The van der Waals surface area contributed by atoms with Gasteiger partial charge < -0.3 is 20.3 Å². The van der Waals surface area contributed by atoms with E-state index in [-0.39, 0.29) is 18.5 Å². The zero-order valence-corrected chi connectivity index (χ0v) is 58.1. The van der Waals surface area contributed by atoms with Crippen LogP contribution in [0.15, 0.2) is 48.6 Å². The van der Waals surface area contributed by atoms with Crippen molar-refractivity contribution in [3.05, 3.63) is 48.6 Å². The number of nitrogens with one attached hydrogen (secondary N) is 1. The fraction of sp³-hybridized carbons (Fsp3) is 0.875. The van der Waals surface area contributed by atoms with Crippen molar-refractivity contribution in [3.8, 4) is 0 Å². The molecule has 0 aromatic rings. The third-order valence-electron chi connectivity index (χ3n) is 18.1. The molecule has 0 radical (unpaired) electrons. The number of esters is 1. The Morgan fingerprint density at radius 3 is 0.919 bits per heavy atom. The van der Waals surface area contributed by atoms with Gasteiger partial charge in [0.1, 0.15) is 0 Å². The normalized spacial score (nSPS) is 12.7. The first-order valence-electron chi connectivity index (χ1n) is 38.9. The number of rotatable bonds is 73. The average molecular weight is 1210 g/mol. The lowest BCUT2D eigenvalue weighted by atomic mass is 10.0. The molecule has 6 nitrogen and oxygen atoms in total. The van der Waals surface area contributed by atoms with Gasteiger partial charge in [-0.1, -0.05) is 371 Å². The van der Waals surface area contributed by atoms with E-state index in [0.717, 1.165) is 51.4 Å². The molecule has 0 fully saturated rings. The first kappa shape index (κ1) is 83.8. The van der Waals surface area contributed by atoms with Gasteiger partial charge in [0.25, 0.3) is 0 Å². The molecule has 1 amide bonds. The molecule has 0 rings (SSSR count). The summed E-state index contributed by atoms with van der Waals surface area (Å²) in [5.74, 6) is -0.0519. The topological polar surface area (TPSA) is 95.9 Å². The van der Waals surface area contributed by atoms with Crippen LogP contribution in [0.3, 0.4) is 0 Å². The third-order valence-corrected chi connectivity index (χ3v) is 18.1. The number of allylic oxidation sites excluding steroid dienone is 7. The zero-order valence-electron chi connectivity index (χ0n) is 58.1. The predicted molar refractivity (Wildman–Crippen MR) is 379 cm³/mol. The molecule has 0 bridgehead atoms. The fourth-order valence-electron chi connectivity index (χ4n) is 12.1. The Labute approximate surface area is 537 Å². The number of amides is 1. The number of unbranched alkanes of at least 4 members (excludes halogenated alkanes) is 56. The summed E-state index contributed by atoms with van der Waals surface area (Å²) in [6, 6.07) is -0.628. The first-order valence-corrected chi connectivity index (χ1v) is 38.9. The van der Waals surface area contributed by atoms with Gasteiger partial charge in [-0.2, -0.15) is 0 Å². The predicted octanol–water partition coefficient (Wildman–Crippen LogP) is 25.6. The number of carbonyl (C=O) groups is 2. The molecule has 3 N–H and O–H groups in total. The van der Waals surface area contributed by atoms with Crippen molar-refractivity contribution in [1.82, 2.24) is 5.32 Å². The maximum Gasteiger partial charge on any atom is 0.305 e. The average Bonchev–Trinajstić information content (AvgIpc) is 3.53. The highest BCUT2D eigenvalue weighted by Crippen LogP contribution is 2.19. The van der Waals surface area contributed by atoms with Crippen LogP contribution in [0, 0.1) is 0 Å². The van der Waals surface area contributed by atoms with E-state index in [0.29, 0.717) is 19.4 Å². The van der Waals surface area contributed by atoms with Gasteiger partial charge in [-0.25, -0.2) is 0 Å². The molecule has 0 heterocycles. The molecule has 6 heteroatoms. The van der Waals surface area contributed by atoms with Crippen LogP contribution in [-0.2, 0) is 14.3 Å². The maximum absolute atomic E-state index is 12.5. The van der Waals surface area contributed by atoms with E-state index >= 15 is 0 Å². The number of hydrogen-bond acceptors (Lipinski definition) is 5. The van der Waals surface area contributed by atoms with E-state index in [1.807, 2.05) is 6.08 Å². The van der Waals surface area contributed by atoms with E-state index in [1.54, 1.807) is 6.08 Å². The van der Waals surface area contributed by atoms with Crippen molar-refractivity contribution in [3.63, 3.8) is 0 Å². The minimum absolute atomic E-state index is 0.0100. The number of carbonyl (C=O) groups excluding carboxylic acids is 2. The van der Waals surface area contributed by atoms with Crippen LogP contribution in [0.4, 0.5) is 0 Å². The molecule has 0 saturated carbocycles. The van der Waals surface area contributed by atoms with Crippen LogP contribution >= 0.6 is 0 Å². The van der Waals surface area contributed by atoms with Crippen LogP contribution in [0.1, 0.15) is 425 Å². The van der Waals surface area contributed by atoms with E-state index in [4.69, 9.17) is 4.74 Å². The highest BCUT2D eigenvalue weighted by Gasteiger charge is 2.18. The Morgan fingerprint density at radius 1 is 0.326 bits per heavy atom. The molecule has 0 aliphatic heterocycles. The zero-order chi connectivity index (χ0) is 62.0. The molecule has 0 aromatic heterocycles. The Bertz CT molecular complexity index is 1440. The molecular weight excluding hydrogens is 1050 g/mol. The molecular formula is C80H151NO5. The van der Waals surface area contributed by atoms with Gasteiger partial charge in [0.15, 0.2) is 0 Å². The van der Waals surface area contributed by atoms with Gasteiger partial charge in [-0.15, -0.1) is 0 Å². The standard InChI is InChI=1S/C80H151NO5/c1-3-5-7-9-11-13-15-17-19-21-22-34-37-41-44-48-52-56-60-64-68-72-78(83)77(76-82)81-79(84)73-69-65-61-57-53-49-45-42-38-35-32-30-28-26-24-23-25-27-29-31-33-36-39-43-47-51-55-59-63-67-71-75-86-80(85)74-70-66-62-58-54-50-46-40-20-18-16-14-12-10-8-6-4-2/h12,14,18,20,25,27,68,72,77-78,82-83H,3-11,13,15-17,19,21-24,26,28-67,69-71,73-76H2,1-2H3,(H,81,84)/b14-12-,20-18-,27-25-,72-68+. The molecule has 2 atom stereocenters. The quantitative estimate of drug-likeness (QED) is 0.0320. The van der Waals surface area contributed by atoms with E-state index in [2.05, 4.69) is 55.6 Å². The van der Waals surface area contributed by atoms with Crippen molar-refractivity contribution in [2.24, 2.45) is 0 Å². The van der Waals surface area contributed by atoms with Crippen molar-refractivity contribution < 1.29 is 24.5 Å². The molecule has 0 aliphatic carbocycles. The van der Waals surface area contributed by atoms with Crippen molar-refractivity contribution in [2.75, 3.05) is 13.2 Å². The second kappa shape index (κ2) is 75.3. The summed E-state index contributed by atoms with van der Waals surface area (Å²) in [7, 11) is 0. The largest absolute Gasteiger partial charge is 0.466 e. The van der Waals surface area contributed by atoms with Gasteiger partial charge in [0, 0.05) is 12.8 Å². The first-order chi connectivity index (χ1) is 42.5. The molecule has 2 unspecified atom stereocenters. The third kappa shape index (κ3) is 70.9. The summed E-state index contributed by atoms with van der Waals surface area (Å²) in [6.45, 7) is 4.92. The molecule has 0 saturated heterocycles. The summed E-state index contributed by atoms with van der Waals surface area (Å²) in [6.07, 6.45) is 99.3. The molecule has 0 aliphatic rings. The van der Waals surface area contributed by atoms with E-state index < -0.39 is 12.1 Å². The number of hydrogen-bond donors (Lipinski definition) is 3. The minimum Gasteiger partial charge on any atom is -0.466 e. The lowest BCUT2D eigenvalue weighted by Crippen LogP contribution is -2.45. The Balaban J connectivity index is 3.38. The number of aliphatic hydroxyl groups is 2. The van der Waals surface area contributed by atoms with Crippen LogP contribution in [0.2, 0.25) is 0 Å². The van der Waals surface area contributed by atoms with E-state index in [9.17, 15) is 19.8 Å². The van der Waals surface area contributed by atoms with Gasteiger partial charge in [-0.05, 0) is 89.9 Å². The van der Waals surface area contributed by atoms with Crippen molar-refractivity contribution in [1.29, 1.82) is 0 Å². The lowest BCUT2D eigenvalue weighted by molar-refractivity contribution is -0.143. The summed E-state index contributed by atoms with van der Waals surface area (Å²) < 4.78 is 5.50. The number of ether oxygens (including phenoxy) is 1. The van der Waals surface area contributed by atoms with E-state index in [1.165, 1.54) is 347 Å². The summed E-state index contributed by atoms with van der Waals surface area (Å²) >= 11 is 0. The van der Waals surface area contributed by atoms with Crippen molar-refractivity contribution in [2.45, 2.75) is 437 Å². The highest BCUT2D eigenvalue weighted by molar-refractivity contribution is 5.76. The van der Waals surface area contributed by atoms with Gasteiger partial charge in [-0.3, -0.25) is 9.59 Å². The molecule has 0 aromatic carbocycles. The molecule has 86 heavy (non-hydrogen) atoms. The monoisotopic (exact) mass is 1210 g/mol. The maximum atomic E-state index is 12.5. The van der Waals surface area contributed by atoms with Crippen LogP contribution in [0.25, 0.3) is 0 Å².